The lowest BCUT2D eigenvalue weighted by Crippen LogP contribution is -2.30. The number of carbonyl (C=O) groups is 1. The zero-order chi connectivity index (χ0) is 46.0. The normalized spacial score (nSPS) is 14.9. The molecule has 69 heavy (non-hydrogen) atoms. The highest BCUT2D eigenvalue weighted by molar-refractivity contribution is 7.26. The van der Waals surface area contributed by atoms with Crippen LogP contribution in [0.25, 0.3) is 58.6 Å². The largest absolute Gasteiger partial charge is 0.308 e. The van der Waals surface area contributed by atoms with Crippen molar-refractivity contribution in [3.63, 3.8) is 0 Å². The summed E-state index contributed by atoms with van der Waals surface area (Å²) in [6.45, 7) is 4.50. The molecule has 0 aliphatic heterocycles. The molecule has 0 unspecified atom stereocenters. The van der Waals surface area contributed by atoms with Crippen LogP contribution in [-0.4, -0.2) is 5.78 Å². The molecule has 2 aromatic heterocycles. The smallest absolute Gasteiger partial charge is 0.193 e. The van der Waals surface area contributed by atoms with Gasteiger partial charge in [0.25, 0.3) is 0 Å². The Labute approximate surface area is 410 Å². The van der Waals surface area contributed by atoms with E-state index in [1.807, 2.05) is 40.9 Å². The number of ketones is 1. The Morgan fingerprint density at radius 3 is 1.91 bits per heavy atom. The van der Waals surface area contributed by atoms with E-state index in [1.54, 1.807) is 0 Å². The van der Waals surface area contributed by atoms with Crippen LogP contribution in [0.4, 0.5) is 17.1 Å². The van der Waals surface area contributed by atoms with Gasteiger partial charge in [-0.05, 0) is 128 Å². The molecule has 9 aromatic carbocycles. The fourth-order valence-electron chi connectivity index (χ4n) is 12.2. The average Bonchev–Trinajstić information content (AvgIpc) is 4.07. The van der Waals surface area contributed by atoms with E-state index in [9.17, 15) is 4.79 Å². The van der Waals surface area contributed by atoms with Crippen molar-refractivity contribution in [3.8, 4) is 22.3 Å². The molecule has 2 nitrogen and oxygen atoms in total. The molecule has 14 rings (SSSR count). The van der Waals surface area contributed by atoms with Gasteiger partial charge in [-0.15, -0.1) is 22.7 Å². The fourth-order valence-corrected chi connectivity index (χ4v) is 14.7. The Morgan fingerprint density at radius 2 is 1.12 bits per heavy atom. The topological polar surface area (TPSA) is 20.3 Å². The molecule has 0 atom stereocenters. The number of rotatable bonds is 6. The van der Waals surface area contributed by atoms with Crippen molar-refractivity contribution >= 4 is 81.9 Å². The van der Waals surface area contributed by atoms with Crippen LogP contribution in [0, 0.1) is 0 Å². The molecule has 3 aliphatic rings. The van der Waals surface area contributed by atoms with Crippen LogP contribution in [0.1, 0.15) is 80.0 Å². The Hall–Kier alpha value is -7.63. The zero-order valence-corrected chi connectivity index (χ0v) is 39.9. The van der Waals surface area contributed by atoms with E-state index in [4.69, 9.17) is 0 Å². The predicted molar refractivity (Wildman–Crippen MR) is 291 cm³/mol. The number of benzene rings is 9. The second kappa shape index (κ2) is 15.2. The van der Waals surface area contributed by atoms with Crippen LogP contribution in [0.15, 0.2) is 206 Å². The minimum absolute atomic E-state index is 0.102. The minimum Gasteiger partial charge on any atom is -0.308 e. The zero-order valence-electron chi connectivity index (χ0n) is 38.3. The second-order valence-electron chi connectivity index (χ2n) is 19.4. The standard InChI is InChI=1S/C65H45NOS2/c1-64(2)53-26-12-9-23-50(53)61(67)51-34-31-41(38-55(51)64)40-32-36-54-52(37-40)45-35-33-44(39-56(45)65(54,42-17-5-3-6-18-42)43-19-7-4-8-20-43)66(57-27-15-24-48-46-21-10-13-29-59(46)68-62(48)57)58-28-16-25-49-47-22-11-14-30-60(47)69-63(49)58/h3-10,12-21,23-39H,11,22H2,1-2H3. The summed E-state index contributed by atoms with van der Waals surface area (Å²) in [4.78, 5) is 17.9. The summed E-state index contributed by atoms with van der Waals surface area (Å²) in [6, 6.07) is 73.8. The van der Waals surface area contributed by atoms with Crippen LogP contribution in [0.2, 0.25) is 0 Å². The van der Waals surface area contributed by atoms with Gasteiger partial charge in [-0.2, -0.15) is 0 Å². The highest BCUT2D eigenvalue weighted by Gasteiger charge is 2.47. The molecule has 0 amide bonds. The Morgan fingerprint density at radius 1 is 0.478 bits per heavy atom. The average molecular weight is 920 g/mol. The first kappa shape index (κ1) is 40.4. The van der Waals surface area contributed by atoms with Gasteiger partial charge in [0.05, 0.1) is 26.2 Å². The number of thiophene rings is 2. The van der Waals surface area contributed by atoms with Gasteiger partial charge in [-0.3, -0.25) is 4.79 Å². The molecule has 328 valence electrons. The SMILES string of the molecule is CC1(C)c2ccccc2C(=O)c2ccc(-c3ccc4c(c3)-c3ccc(N(c5cccc6c7c(sc56)C=CCC7)c5cccc6c5sc5ccccc56)cc3C4(c3ccccc3)c3ccccc3)cc21. The van der Waals surface area contributed by atoms with Crippen LogP contribution < -0.4 is 4.90 Å². The Bertz CT molecular complexity index is 3920. The van der Waals surface area contributed by atoms with Gasteiger partial charge in [-0.1, -0.05) is 178 Å². The maximum absolute atomic E-state index is 13.9. The van der Waals surface area contributed by atoms with Gasteiger partial charge in [0.1, 0.15) is 0 Å². The molecule has 3 aliphatic carbocycles. The maximum atomic E-state index is 13.9. The number of hydrogen-bond acceptors (Lipinski definition) is 4. The number of hydrogen-bond donors (Lipinski definition) is 0. The summed E-state index contributed by atoms with van der Waals surface area (Å²) >= 11 is 3.81. The summed E-state index contributed by atoms with van der Waals surface area (Å²) < 4.78 is 3.89. The number of nitrogens with zero attached hydrogens (tertiary/aromatic N) is 1. The van der Waals surface area contributed by atoms with Crippen molar-refractivity contribution in [3.05, 3.63) is 261 Å². The molecule has 2 heterocycles. The monoisotopic (exact) mass is 919 g/mol. The van der Waals surface area contributed by atoms with E-state index in [1.165, 1.54) is 85.5 Å². The van der Waals surface area contributed by atoms with E-state index >= 15 is 0 Å². The third kappa shape index (κ3) is 5.80. The Balaban J connectivity index is 1.03. The highest BCUT2D eigenvalue weighted by Crippen LogP contribution is 2.59. The quantitative estimate of drug-likeness (QED) is 0.166. The predicted octanol–water partition coefficient (Wildman–Crippen LogP) is 17.6. The molecule has 0 saturated heterocycles. The first-order chi connectivity index (χ1) is 33.9. The molecule has 4 heteroatoms. The van der Waals surface area contributed by atoms with Gasteiger partial charge < -0.3 is 4.90 Å². The van der Waals surface area contributed by atoms with Gasteiger partial charge >= 0.3 is 0 Å². The first-order valence-electron chi connectivity index (χ1n) is 24.0. The molecule has 0 radical (unpaired) electrons. The lowest BCUT2D eigenvalue weighted by molar-refractivity contribution is 0.103. The minimum atomic E-state index is -0.621. The van der Waals surface area contributed by atoms with Crippen molar-refractivity contribution in [2.45, 2.75) is 37.5 Å². The fraction of sp³-hybridized carbons (Fsp3) is 0.0923. The number of aryl methyl sites for hydroxylation is 1. The third-order valence-corrected chi connectivity index (χ3v) is 17.9. The van der Waals surface area contributed by atoms with Gasteiger partial charge in [-0.25, -0.2) is 0 Å². The van der Waals surface area contributed by atoms with Crippen molar-refractivity contribution in [2.24, 2.45) is 0 Å². The number of carbonyl (C=O) groups excluding carboxylic acids is 1. The van der Waals surface area contributed by atoms with Gasteiger partial charge in [0.2, 0.25) is 0 Å². The molecule has 0 spiro atoms. The van der Waals surface area contributed by atoms with E-state index in [0.29, 0.717) is 0 Å². The summed E-state index contributed by atoms with van der Waals surface area (Å²) in [7, 11) is 0. The lowest BCUT2D eigenvalue weighted by Gasteiger charge is -2.35. The summed E-state index contributed by atoms with van der Waals surface area (Å²) in [5.74, 6) is 0.102. The van der Waals surface area contributed by atoms with Crippen molar-refractivity contribution in [1.82, 2.24) is 0 Å². The van der Waals surface area contributed by atoms with Crippen molar-refractivity contribution < 1.29 is 4.79 Å². The Kier molecular flexibility index (Phi) is 8.90. The summed E-state index contributed by atoms with van der Waals surface area (Å²) in [5.41, 5.74) is 17.4. The van der Waals surface area contributed by atoms with Gasteiger partial charge in [0.15, 0.2) is 5.78 Å². The molecule has 0 saturated carbocycles. The third-order valence-electron chi connectivity index (χ3n) is 15.4. The molecule has 0 bridgehead atoms. The number of anilines is 3. The van der Waals surface area contributed by atoms with Crippen LogP contribution in [-0.2, 0) is 17.3 Å². The van der Waals surface area contributed by atoms with E-state index < -0.39 is 5.41 Å². The molecule has 0 fully saturated rings. The second-order valence-corrected chi connectivity index (χ2v) is 21.5. The molecular formula is C65H45NOS2. The molecular weight excluding hydrogens is 875 g/mol. The summed E-state index contributed by atoms with van der Waals surface area (Å²) in [5, 5.41) is 3.93. The lowest BCUT2D eigenvalue weighted by atomic mass is 9.67. The molecule has 0 N–H and O–H groups in total. The van der Waals surface area contributed by atoms with E-state index in [-0.39, 0.29) is 11.2 Å². The summed E-state index contributed by atoms with van der Waals surface area (Å²) in [6.07, 6.45) is 6.80. The van der Waals surface area contributed by atoms with Crippen LogP contribution >= 0.6 is 22.7 Å². The first-order valence-corrected chi connectivity index (χ1v) is 25.6. The van der Waals surface area contributed by atoms with Crippen molar-refractivity contribution in [1.29, 1.82) is 0 Å². The van der Waals surface area contributed by atoms with E-state index in [0.717, 1.165) is 51.9 Å². The highest BCUT2D eigenvalue weighted by atomic mass is 32.1. The van der Waals surface area contributed by atoms with E-state index in [2.05, 4.69) is 213 Å². The van der Waals surface area contributed by atoms with Crippen molar-refractivity contribution in [2.75, 3.05) is 4.90 Å². The van der Waals surface area contributed by atoms with Crippen LogP contribution in [0.3, 0.4) is 0 Å². The maximum Gasteiger partial charge on any atom is 0.193 e. The number of fused-ring (bicyclic) bond motifs is 11. The van der Waals surface area contributed by atoms with Gasteiger partial charge in [0, 0.05) is 42.6 Å². The number of allylic oxidation sites excluding steroid dienone is 1. The van der Waals surface area contributed by atoms with Crippen LogP contribution in [0.5, 0.6) is 0 Å². The molecule has 11 aromatic rings.